The lowest BCUT2D eigenvalue weighted by Crippen LogP contribution is -2.45. The number of benzene rings is 2. The van der Waals surface area contributed by atoms with Gasteiger partial charge in [-0.25, -0.2) is 13.2 Å². The third-order valence-electron chi connectivity index (χ3n) is 6.69. The smallest absolute Gasteiger partial charge is 0.427 e. The molecule has 4 rings (SSSR count). The van der Waals surface area contributed by atoms with Gasteiger partial charge in [0.1, 0.15) is 18.1 Å². The van der Waals surface area contributed by atoms with Gasteiger partial charge in [-0.15, -0.1) is 0 Å². The molecule has 1 fully saturated rings. The predicted octanol–water partition coefficient (Wildman–Crippen LogP) is 5.92. The van der Waals surface area contributed by atoms with Gasteiger partial charge in [-0.1, -0.05) is 6.07 Å². The normalized spacial score (nSPS) is 18.8. The molecule has 2 aromatic carbocycles. The molecule has 2 aliphatic rings. The molecule has 0 aromatic heterocycles. The van der Waals surface area contributed by atoms with Crippen molar-refractivity contribution in [3.8, 4) is 5.75 Å². The van der Waals surface area contributed by atoms with Crippen molar-refractivity contribution >= 4 is 33.8 Å². The molecule has 0 saturated heterocycles. The van der Waals surface area contributed by atoms with E-state index in [9.17, 15) is 44.3 Å². The van der Waals surface area contributed by atoms with E-state index >= 15 is 0 Å². The van der Waals surface area contributed by atoms with Gasteiger partial charge in [0.05, 0.1) is 22.7 Å². The van der Waals surface area contributed by atoms with Crippen LogP contribution < -0.4 is 14.4 Å². The third-order valence-corrected chi connectivity index (χ3v) is 8.47. The van der Waals surface area contributed by atoms with E-state index in [1.165, 1.54) is 12.1 Å². The van der Waals surface area contributed by atoms with Crippen LogP contribution in [0.1, 0.15) is 38.7 Å². The van der Waals surface area contributed by atoms with Crippen molar-refractivity contribution in [3.63, 3.8) is 0 Å². The fourth-order valence-corrected chi connectivity index (χ4v) is 5.65. The molecular formula is C25H24F6N2O6S. The lowest BCUT2D eigenvalue weighted by atomic mass is 9.99. The van der Waals surface area contributed by atoms with Crippen molar-refractivity contribution < 1.29 is 53.8 Å². The molecule has 1 N–H and O–H groups in total. The number of halogens is 6. The number of nitrogens with zero attached hydrogens (tertiary/aromatic N) is 1. The van der Waals surface area contributed by atoms with Gasteiger partial charge in [-0.05, 0) is 69.5 Å². The van der Waals surface area contributed by atoms with E-state index in [1.54, 1.807) is 0 Å². The predicted molar refractivity (Wildman–Crippen MR) is 129 cm³/mol. The number of nitrogens with one attached hydrogen (secondary N) is 1. The average molecular weight is 595 g/mol. The molecule has 0 bridgehead atoms. The van der Waals surface area contributed by atoms with Gasteiger partial charge in [0.25, 0.3) is 10.0 Å². The molecule has 0 radical (unpaired) electrons. The molecule has 218 valence electrons. The number of sulfonamides is 1. The first-order chi connectivity index (χ1) is 18.4. The zero-order chi connectivity index (χ0) is 29.7. The van der Waals surface area contributed by atoms with Crippen LogP contribution in [0.4, 0.5) is 42.5 Å². The quantitative estimate of drug-likeness (QED) is 0.316. The summed E-state index contributed by atoms with van der Waals surface area (Å²) in [5, 5.41) is 2.10. The zero-order valence-electron chi connectivity index (χ0n) is 21.1. The summed E-state index contributed by atoms with van der Waals surface area (Å²) in [5.41, 5.74) is -5.07. The number of carbonyl (C=O) groups is 2. The summed E-state index contributed by atoms with van der Waals surface area (Å²) in [6.45, 7) is 0.904. The summed E-state index contributed by atoms with van der Waals surface area (Å²) in [6, 6.07) is 6.69. The maximum atomic E-state index is 13.7. The Kier molecular flexibility index (Phi) is 7.27. The number of carbonyl (C=O) groups excluding carboxylic acids is 2. The number of amides is 1. The maximum absolute atomic E-state index is 13.7. The number of rotatable bonds is 7. The number of hydrogen-bond acceptors (Lipinski definition) is 6. The maximum Gasteiger partial charge on any atom is 0.427 e. The van der Waals surface area contributed by atoms with E-state index in [1.807, 2.05) is 0 Å². The Morgan fingerprint density at radius 2 is 1.80 bits per heavy atom. The largest absolute Gasteiger partial charge is 0.486 e. The highest BCUT2D eigenvalue weighted by molar-refractivity contribution is 7.92. The minimum absolute atomic E-state index is 0.0250. The van der Waals surface area contributed by atoms with E-state index in [0.717, 1.165) is 28.8 Å². The molecule has 1 saturated carbocycles. The summed E-state index contributed by atoms with van der Waals surface area (Å²) in [7, 11) is -4.65. The van der Waals surface area contributed by atoms with Crippen LogP contribution in [0.3, 0.4) is 0 Å². The van der Waals surface area contributed by atoms with Crippen LogP contribution in [0.2, 0.25) is 0 Å². The molecule has 15 heteroatoms. The monoisotopic (exact) mass is 594 g/mol. The van der Waals surface area contributed by atoms with E-state index < -0.39 is 56.0 Å². The summed E-state index contributed by atoms with van der Waals surface area (Å²) in [6.07, 6.45) is -9.95. The number of anilines is 2. The summed E-state index contributed by atoms with van der Waals surface area (Å²) in [4.78, 5) is 23.0. The van der Waals surface area contributed by atoms with Crippen molar-refractivity contribution in [2.75, 3.05) is 16.2 Å². The summed E-state index contributed by atoms with van der Waals surface area (Å²) in [5.74, 6) is -0.0250. The Morgan fingerprint density at radius 3 is 2.38 bits per heavy atom. The van der Waals surface area contributed by atoms with Crippen LogP contribution >= 0.6 is 0 Å². The lowest BCUT2D eigenvalue weighted by molar-refractivity contribution is -0.242. The molecule has 1 aliphatic heterocycles. The van der Waals surface area contributed by atoms with E-state index in [2.05, 4.69) is 10.1 Å². The Balaban J connectivity index is 1.70. The van der Waals surface area contributed by atoms with Crippen molar-refractivity contribution in [1.29, 1.82) is 0 Å². The molecule has 0 spiro atoms. The van der Waals surface area contributed by atoms with Crippen molar-refractivity contribution in [2.24, 2.45) is 5.41 Å². The minimum Gasteiger partial charge on any atom is -0.486 e. The Bertz CT molecular complexity index is 1420. The Morgan fingerprint density at radius 1 is 1.12 bits per heavy atom. The SMILES string of the molecule is CC(C)(OC(=O)Nc1ccc2c(c1)N(S(=O)(=O)c1cccc(C(F)(F)F)c1)C[C@@H](CC1(C=O)CC1)O2)C(F)(F)F. The van der Waals surface area contributed by atoms with Crippen molar-refractivity contribution in [1.82, 2.24) is 0 Å². The highest BCUT2D eigenvalue weighted by Crippen LogP contribution is 2.50. The Labute approximate surface area is 225 Å². The van der Waals surface area contributed by atoms with Crippen molar-refractivity contribution in [3.05, 3.63) is 48.0 Å². The van der Waals surface area contributed by atoms with Crippen LogP contribution in [0.25, 0.3) is 0 Å². The molecule has 1 heterocycles. The molecule has 1 aliphatic carbocycles. The fraction of sp³-hybridized carbons (Fsp3) is 0.440. The van der Waals surface area contributed by atoms with Gasteiger partial charge in [-0.2, -0.15) is 26.3 Å². The van der Waals surface area contributed by atoms with E-state index in [-0.39, 0.29) is 30.1 Å². The lowest BCUT2D eigenvalue weighted by Gasteiger charge is -2.36. The molecular weight excluding hydrogens is 570 g/mol. The van der Waals surface area contributed by atoms with Gasteiger partial charge in [0, 0.05) is 11.1 Å². The van der Waals surface area contributed by atoms with Crippen LogP contribution in [-0.4, -0.2) is 45.2 Å². The van der Waals surface area contributed by atoms with Gasteiger partial charge in [0.2, 0.25) is 5.60 Å². The number of fused-ring (bicyclic) bond motifs is 1. The minimum atomic E-state index is -4.88. The molecule has 1 atom stereocenters. The van der Waals surface area contributed by atoms with Crippen LogP contribution in [0, 0.1) is 5.41 Å². The first-order valence-electron chi connectivity index (χ1n) is 11.9. The zero-order valence-corrected chi connectivity index (χ0v) is 21.9. The molecule has 2 aromatic rings. The first-order valence-corrected chi connectivity index (χ1v) is 13.3. The van der Waals surface area contributed by atoms with Crippen molar-refractivity contribution in [2.45, 2.75) is 62.1 Å². The topological polar surface area (TPSA) is 102 Å². The summed E-state index contributed by atoms with van der Waals surface area (Å²) >= 11 is 0. The highest BCUT2D eigenvalue weighted by atomic mass is 32.2. The van der Waals surface area contributed by atoms with Crippen LogP contribution in [0.15, 0.2) is 47.4 Å². The second kappa shape index (κ2) is 9.85. The van der Waals surface area contributed by atoms with Gasteiger partial charge >= 0.3 is 18.4 Å². The standard InChI is InChI=1S/C25H24F6N2O6S/c1-22(2,25(29,30)31)39-21(35)32-16-6-7-20-19(11-16)33(13-17(38-20)12-23(14-34)8-9-23)40(36,37)18-5-3-4-15(10-18)24(26,27)28/h3-7,10-11,14,17H,8-9,12-13H2,1-2H3,(H,32,35)/t17-/m1/s1. The summed E-state index contributed by atoms with van der Waals surface area (Å²) < 4.78 is 118. The second-order valence-corrected chi connectivity index (χ2v) is 12.1. The number of ether oxygens (including phenoxy) is 2. The molecule has 1 amide bonds. The Hall–Kier alpha value is -3.49. The first kappa shape index (κ1) is 29.5. The second-order valence-electron chi connectivity index (χ2n) is 10.2. The number of aldehydes is 1. The van der Waals surface area contributed by atoms with Crippen LogP contribution in [-0.2, 0) is 25.7 Å². The van der Waals surface area contributed by atoms with Gasteiger partial charge < -0.3 is 14.3 Å². The molecule has 8 nitrogen and oxygen atoms in total. The number of hydrogen-bond donors (Lipinski definition) is 1. The van der Waals surface area contributed by atoms with E-state index in [0.29, 0.717) is 38.8 Å². The van der Waals surface area contributed by atoms with Gasteiger partial charge in [-0.3, -0.25) is 9.62 Å². The van der Waals surface area contributed by atoms with Crippen LogP contribution in [0.5, 0.6) is 5.75 Å². The van der Waals surface area contributed by atoms with Gasteiger partial charge in [0.15, 0.2) is 0 Å². The number of alkyl halides is 6. The highest BCUT2D eigenvalue weighted by Gasteiger charge is 2.51. The van der Waals surface area contributed by atoms with E-state index in [4.69, 9.17) is 4.74 Å². The molecule has 40 heavy (non-hydrogen) atoms. The average Bonchev–Trinajstić information content (AvgIpc) is 3.62. The molecule has 0 unspecified atom stereocenters. The third kappa shape index (κ3) is 5.98. The fourth-order valence-electron chi connectivity index (χ4n) is 4.10.